The number of benzene rings is 2. The molecule has 2 aromatic heterocycles. The van der Waals surface area contributed by atoms with Crippen molar-refractivity contribution in [1.82, 2.24) is 24.7 Å². The Morgan fingerprint density at radius 1 is 1.09 bits per heavy atom. The van der Waals surface area contributed by atoms with Crippen molar-refractivity contribution in [3.05, 3.63) is 60.3 Å². The van der Waals surface area contributed by atoms with Crippen LogP contribution in [-0.2, 0) is 18.3 Å². The first-order chi connectivity index (χ1) is 16.0. The largest absolute Gasteiger partial charge is 0.368 e. The standard InChI is InChI=1S/C24H24N8O/c1-3-21(33)32-13-11-16-14-17(6-9-20(16)32)22-29-24(31(2)30-22)27-18-7-4-15(5-8-18)19-10-12-26-23(25)28-19/h4-10,12,14H,3,11,13H2,1-2H3,(H2,25,26,28)(H,27,29,30). The number of amides is 1. The smallest absolute Gasteiger partial charge is 0.226 e. The zero-order valence-electron chi connectivity index (χ0n) is 18.5. The van der Waals surface area contributed by atoms with Crippen LogP contribution >= 0.6 is 0 Å². The van der Waals surface area contributed by atoms with E-state index in [0.717, 1.165) is 46.7 Å². The highest BCUT2D eigenvalue weighted by Crippen LogP contribution is 2.32. The van der Waals surface area contributed by atoms with Crippen molar-refractivity contribution in [3.63, 3.8) is 0 Å². The number of hydrogen-bond donors (Lipinski definition) is 2. The lowest BCUT2D eigenvalue weighted by atomic mass is 10.1. The molecular weight excluding hydrogens is 416 g/mol. The summed E-state index contributed by atoms with van der Waals surface area (Å²) in [5.41, 5.74) is 11.3. The van der Waals surface area contributed by atoms with E-state index in [2.05, 4.69) is 31.4 Å². The van der Waals surface area contributed by atoms with Gasteiger partial charge in [-0.25, -0.2) is 14.6 Å². The molecule has 166 valence electrons. The second-order valence-corrected chi connectivity index (χ2v) is 7.88. The molecule has 9 heteroatoms. The molecule has 4 aromatic rings. The first kappa shape index (κ1) is 20.6. The van der Waals surface area contributed by atoms with Gasteiger partial charge in [-0.3, -0.25) is 4.79 Å². The number of nitrogens with zero attached hydrogens (tertiary/aromatic N) is 6. The molecular formula is C24H24N8O. The van der Waals surface area contributed by atoms with Crippen molar-refractivity contribution in [2.24, 2.45) is 7.05 Å². The maximum atomic E-state index is 12.1. The van der Waals surface area contributed by atoms with Gasteiger partial charge in [0.05, 0.1) is 5.69 Å². The number of rotatable bonds is 5. The topological polar surface area (TPSA) is 115 Å². The maximum Gasteiger partial charge on any atom is 0.226 e. The first-order valence-electron chi connectivity index (χ1n) is 10.8. The Balaban J connectivity index is 1.35. The van der Waals surface area contributed by atoms with Crippen LogP contribution < -0.4 is 16.0 Å². The SMILES string of the molecule is CCC(=O)N1CCc2cc(-c3nc(Nc4ccc(-c5ccnc(N)n5)cc4)n(C)n3)ccc21. The first-order valence-corrected chi connectivity index (χ1v) is 10.8. The second-order valence-electron chi connectivity index (χ2n) is 7.88. The number of nitrogen functional groups attached to an aromatic ring is 1. The average Bonchev–Trinajstić information content (AvgIpc) is 3.42. The number of aromatic nitrogens is 5. The highest BCUT2D eigenvalue weighted by Gasteiger charge is 2.24. The third-order valence-electron chi connectivity index (χ3n) is 5.71. The molecule has 0 atom stereocenters. The summed E-state index contributed by atoms with van der Waals surface area (Å²) in [6.45, 7) is 2.62. The molecule has 33 heavy (non-hydrogen) atoms. The summed E-state index contributed by atoms with van der Waals surface area (Å²) in [7, 11) is 1.85. The molecule has 0 saturated heterocycles. The number of nitrogens with two attached hydrogens (primary N) is 1. The van der Waals surface area contributed by atoms with Crippen LogP contribution in [0.15, 0.2) is 54.7 Å². The van der Waals surface area contributed by atoms with Gasteiger partial charge in [-0.05, 0) is 48.4 Å². The number of fused-ring (bicyclic) bond motifs is 1. The number of anilines is 4. The van der Waals surface area contributed by atoms with E-state index in [0.29, 0.717) is 18.2 Å². The van der Waals surface area contributed by atoms with Crippen molar-refractivity contribution in [3.8, 4) is 22.6 Å². The summed E-state index contributed by atoms with van der Waals surface area (Å²) in [5.74, 6) is 1.67. The summed E-state index contributed by atoms with van der Waals surface area (Å²) in [6, 6.07) is 15.7. The van der Waals surface area contributed by atoms with Gasteiger partial charge in [0, 0.05) is 48.7 Å². The van der Waals surface area contributed by atoms with E-state index >= 15 is 0 Å². The van der Waals surface area contributed by atoms with E-state index in [4.69, 9.17) is 5.73 Å². The van der Waals surface area contributed by atoms with Crippen molar-refractivity contribution in [1.29, 1.82) is 0 Å². The molecule has 0 aliphatic carbocycles. The van der Waals surface area contributed by atoms with Crippen LogP contribution in [0.3, 0.4) is 0 Å². The Bertz CT molecular complexity index is 1330. The van der Waals surface area contributed by atoms with Crippen LogP contribution in [0.4, 0.5) is 23.3 Å². The third-order valence-corrected chi connectivity index (χ3v) is 5.71. The lowest BCUT2D eigenvalue weighted by Gasteiger charge is -2.16. The number of hydrogen-bond acceptors (Lipinski definition) is 7. The van der Waals surface area contributed by atoms with E-state index in [1.54, 1.807) is 10.9 Å². The number of nitrogens with one attached hydrogen (secondary N) is 1. The van der Waals surface area contributed by atoms with E-state index in [1.165, 1.54) is 0 Å². The highest BCUT2D eigenvalue weighted by molar-refractivity contribution is 5.95. The summed E-state index contributed by atoms with van der Waals surface area (Å²) in [6.07, 6.45) is 2.99. The monoisotopic (exact) mass is 440 g/mol. The van der Waals surface area contributed by atoms with Crippen LogP contribution in [0.1, 0.15) is 18.9 Å². The number of aryl methyl sites for hydroxylation is 1. The molecule has 9 nitrogen and oxygen atoms in total. The molecule has 5 rings (SSSR count). The van der Waals surface area contributed by atoms with Crippen LogP contribution in [0.25, 0.3) is 22.6 Å². The van der Waals surface area contributed by atoms with Crippen molar-refractivity contribution < 1.29 is 4.79 Å². The van der Waals surface area contributed by atoms with Gasteiger partial charge in [0.1, 0.15) is 0 Å². The fraction of sp³-hybridized carbons (Fsp3) is 0.208. The van der Waals surface area contributed by atoms with Crippen LogP contribution in [0.5, 0.6) is 0 Å². The molecule has 0 saturated carbocycles. The van der Waals surface area contributed by atoms with Gasteiger partial charge in [0.2, 0.25) is 17.8 Å². The molecule has 2 aromatic carbocycles. The summed E-state index contributed by atoms with van der Waals surface area (Å²) in [4.78, 5) is 26.9. The molecule has 0 unspecified atom stereocenters. The molecule has 0 radical (unpaired) electrons. The summed E-state index contributed by atoms with van der Waals surface area (Å²) < 4.78 is 1.72. The highest BCUT2D eigenvalue weighted by atomic mass is 16.2. The van der Waals surface area contributed by atoms with E-state index in [9.17, 15) is 4.79 Å². The van der Waals surface area contributed by atoms with Gasteiger partial charge in [-0.2, -0.15) is 4.98 Å². The average molecular weight is 441 g/mol. The second kappa shape index (κ2) is 8.34. The van der Waals surface area contributed by atoms with Gasteiger partial charge < -0.3 is 16.0 Å². The zero-order valence-corrected chi connectivity index (χ0v) is 18.5. The van der Waals surface area contributed by atoms with Gasteiger partial charge >= 0.3 is 0 Å². The number of carbonyl (C=O) groups is 1. The summed E-state index contributed by atoms with van der Waals surface area (Å²) >= 11 is 0. The van der Waals surface area contributed by atoms with Gasteiger partial charge in [-0.15, -0.1) is 5.10 Å². The third kappa shape index (κ3) is 4.00. The van der Waals surface area contributed by atoms with Gasteiger partial charge in [-0.1, -0.05) is 19.1 Å². The fourth-order valence-corrected chi connectivity index (χ4v) is 3.99. The minimum atomic E-state index is 0.151. The Hall–Kier alpha value is -4.27. The predicted octanol–water partition coefficient (Wildman–Crippen LogP) is 3.56. The quantitative estimate of drug-likeness (QED) is 0.487. The maximum absolute atomic E-state index is 12.1. The molecule has 0 bridgehead atoms. The predicted molar refractivity (Wildman–Crippen MR) is 128 cm³/mol. The van der Waals surface area contributed by atoms with Crippen molar-refractivity contribution >= 4 is 29.2 Å². The van der Waals surface area contributed by atoms with E-state index in [-0.39, 0.29) is 11.9 Å². The van der Waals surface area contributed by atoms with Crippen LogP contribution in [-0.4, -0.2) is 37.2 Å². The van der Waals surface area contributed by atoms with E-state index < -0.39 is 0 Å². The Labute approximate surface area is 191 Å². The lowest BCUT2D eigenvalue weighted by Crippen LogP contribution is -2.27. The molecule has 3 N–H and O–H groups in total. The van der Waals surface area contributed by atoms with Crippen LogP contribution in [0, 0.1) is 0 Å². The number of carbonyl (C=O) groups excluding carboxylic acids is 1. The van der Waals surface area contributed by atoms with Gasteiger partial charge in [0.15, 0.2) is 5.82 Å². The molecule has 3 heterocycles. The Morgan fingerprint density at radius 3 is 2.64 bits per heavy atom. The minimum Gasteiger partial charge on any atom is -0.368 e. The summed E-state index contributed by atoms with van der Waals surface area (Å²) in [5, 5.41) is 7.89. The molecule has 0 fully saturated rings. The molecule has 0 spiro atoms. The Kier molecular flexibility index (Phi) is 5.21. The minimum absolute atomic E-state index is 0.151. The zero-order chi connectivity index (χ0) is 22.9. The molecule has 1 aliphatic heterocycles. The van der Waals surface area contributed by atoms with Crippen molar-refractivity contribution in [2.75, 3.05) is 22.5 Å². The molecule has 1 aliphatic rings. The molecule has 1 amide bonds. The van der Waals surface area contributed by atoms with Crippen molar-refractivity contribution in [2.45, 2.75) is 19.8 Å². The lowest BCUT2D eigenvalue weighted by molar-refractivity contribution is -0.118. The normalized spacial score (nSPS) is 12.6. The van der Waals surface area contributed by atoms with E-state index in [1.807, 2.05) is 61.3 Å². The van der Waals surface area contributed by atoms with Gasteiger partial charge in [0.25, 0.3) is 0 Å². The Morgan fingerprint density at radius 2 is 1.88 bits per heavy atom. The van der Waals surface area contributed by atoms with Crippen LogP contribution in [0.2, 0.25) is 0 Å². The fourth-order valence-electron chi connectivity index (χ4n) is 3.99.